The molecule has 0 radical (unpaired) electrons. The topological polar surface area (TPSA) is 77.2 Å². The summed E-state index contributed by atoms with van der Waals surface area (Å²) in [6.07, 6.45) is 0. The van der Waals surface area contributed by atoms with Gasteiger partial charge in [0.05, 0.1) is 13.7 Å². The van der Waals surface area contributed by atoms with E-state index in [4.69, 9.17) is 4.74 Å². The van der Waals surface area contributed by atoms with Crippen LogP contribution in [-0.4, -0.2) is 33.2 Å². The third kappa shape index (κ3) is 2.60. The van der Waals surface area contributed by atoms with E-state index in [1.165, 1.54) is 11.9 Å². The average Bonchev–Trinajstić information content (AvgIpc) is 2.83. The highest BCUT2D eigenvalue weighted by atomic mass is 79.9. The Bertz CT molecular complexity index is 625. The summed E-state index contributed by atoms with van der Waals surface area (Å²) in [5, 5.41) is 17.3. The van der Waals surface area contributed by atoms with Crippen molar-refractivity contribution in [1.29, 1.82) is 0 Å². The number of ether oxygens (including phenoxy) is 1. The smallest absolute Gasteiger partial charge is 0.358 e. The summed E-state index contributed by atoms with van der Waals surface area (Å²) in [5.74, 6) is -0.564. The van der Waals surface area contributed by atoms with Crippen molar-refractivity contribution in [3.05, 3.63) is 28.4 Å². The second kappa shape index (κ2) is 5.40. The van der Waals surface area contributed by atoms with E-state index in [9.17, 15) is 9.90 Å². The van der Waals surface area contributed by atoms with Crippen LogP contribution in [0.1, 0.15) is 17.4 Å². The van der Waals surface area contributed by atoms with Crippen molar-refractivity contribution in [3.63, 3.8) is 0 Å². The Morgan fingerprint density at radius 1 is 1.47 bits per heavy atom. The molecule has 0 aliphatic heterocycles. The summed E-state index contributed by atoms with van der Waals surface area (Å²) < 4.78 is 6.05. The van der Waals surface area contributed by atoms with Crippen molar-refractivity contribution in [2.45, 2.75) is 13.5 Å². The molecule has 19 heavy (non-hydrogen) atoms. The summed E-state index contributed by atoms with van der Waals surface area (Å²) in [4.78, 5) is 12.6. The first-order valence-corrected chi connectivity index (χ1v) is 6.38. The molecular formula is C12H12BrN3O3. The fourth-order valence-electron chi connectivity index (χ4n) is 1.68. The van der Waals surface area contributed by atoms with Crippen LogP contribution in [0.25, 0.3) is 11.3 Å². The van der Waals surface area contributed by atoms with E-state index in [0.29, 0.717) is 23.6 Å². The molecule has 1 N–H and O–H groups in total. The van der Waals surface area contributed by atoms with Gasteiger partial charge in [0.2, 0.25) is 0 Å². The van der Waals surface area contributed by atoms with Gasteiger partial charge in [-0.05, 0) is 25.1 Å². The van der Waals surface area contributed by atoms with Crippen LogP contribution in [0.3, 0.4) is 0 Å². The lowest BCUT2D eigenvalue weighted by molar-refractivity contribution is 0.0690. The number of carboxylic acids is 1. The van der Waals surface area contributed by atoms with Gasteiger partial charge >= 0.3 is 5.97 Å². The molecule has 0 bridgehead atoms. The molecule has 6 nitrogen and oxygen atoms in total. The number of benzene rings is 1. The molecule has 0 aliphatic rings. The third-order valence-corrected chi connectivity index (χ3v) is 3.05. The number of carboxylic acid groups (broad SMARTS) is 1. The van der Waals surface area contributed by atoms with Gasteiger partial charge in [-0.3, -0.25) is 0 Å². The van der Waals surface area contributed by atoms with Gasteiger partial charge in [-0.1, -0.05) is 15.9 Å². The Morgan fingerprint density at radius 3 is 2.79 bits per heavy atom. The quantitative estimate of drug-likeness (QED) is 0.934. The number of halogens is 1. The van der Waals surface area contributed by atoms with Crippen molar-refractivity contribution >= 4 is 21.9 Å². The minimum absolute atomic E-state index is 0.0850. The first kappa shape index (κ1) is 13.5. The summed E-state index contributed by atoms with van der Waals surface area (Å²) in [7, 11) is 1.53. The van der Waals surface area contributed by atoms with Gasteiger partial charge < -0.3 is 9.84 Å². The number of carbonyl (C=O) groups is 1. The molecule has 0 unspecified atom stereocenters. The molecule has 1 aromatic heterocycles. The summed E-state index contributed by atoms with van der Waals surface area (Å²) in [6.45, 7) is 2.34. The van der Waals surface area contributed by atoms with Crippen molar-refractivity contribution in [3.8, 4) is 17.0 Å². The van der Waals surface area contributed by atoms with Crippen LogP contribution in [0.2, 0.25) is 0 Å². The van der Waals surface area contributed by atoms with Gasteiger partial charge in [0.1, 0.15) is 11.4 Å². The van der Waals surface area contributed by atoms with E-state index in [2.05, 4.69) is 26.1 Å². The fourth-order valence-corrected chi connectivity index (χ4v) is 2.04. The van der Waals surface area contributed by atoms with Gasteiger partial charge in [0, 0.05) is 10.0 Å². The SMILES string of the molecule is CCn1nc(C(=O)O)c(-c2cc(Br)ccc2OC)n1. The van der Waals surface area contributed by atoms with Crippen LogP contribution in [0.5, 0.6) is 5.75 Å². The Kier molecular flexibility index (Phi) is 3.84. The molecule has 7 heteroatoms. The predicted octanol–water partition coefficient (Wildman–Crippen LogP) is 2.43. The maximum atomic E-state index is 11.2. The number of aromatic carboxylic acids is 1. The van der Waals surface area contributed by atoms with Crippen LogP contribution in [0.15, 0.2) is 22.7 Å². The number of hydrogen-bond donors (Lipinski definition) is 1. The number of aryl methyl sites for hydroxylation is 1. The molecule has 2 aromatic rings. The van der Waals surface area contributed by atoms with Crippen molar-refractivity contribution < 1.29 is 14.6 Å². The molecule has 100 valence electrons. The average molecular weight is 326 g/mol. The van der Waals surface area contributed by atoms with Gasteiger partial charge in [-0.25, -0.2) is 4.79 Å². The highest BCUT2D eigenvalue weighted by Gasteiger charge is 2.21. The zero-order valence-electron chi connectivity index (χ0n) is 10.4. The van der Waals surface area contributed by atoms with E-state index in [-0.39, 0.29) is 5.69 Å². The van der Waals surface area contributed by atoms with Gasteiger partial charge in [0.25, 0.3) is 0 Å². The molecule has 0 spiro atoms. The van der Waals surface area contributed by atoms with Crippen molar-refractivity contribution in [1.82, 2.24) is 15.0 Å². The molecule has 1 heterocycles. The van der Waals surface area contributed by atoms with E-state index in [1.807, 2.05) is 13.0 Å². The predicted molar refractivity (Wildman–Crippen MR) is 72.3 cm³/mol. The van der Waals surface area contributed by atoms with Crippen molar-refractivity contribution in [2.24, 2.45) is 0 Å². The van der Waals surface area contributed by atoms with E-state index in [1.54, 1.807) is 12.1 Å². The number of hydrogen-bond acceptors (Lipinski definition) is 4. The van der Waals surface area contributed by atoms with E-state index < -0.39 is 5.97 Å². The summed E-state index contributed by atoms with van der Waals surface area (Å²) in [5.41, 5.74) is 0.805. The van der Waals surface area contributed by atoms with E-state index >= 15 is 0 Å². The minimum Gasteiger partial charge on any atom is -0.496 e. The lowest BCUT2D eigenvalue weighted by Crippen LogP contribution is -2.02. The molecule has 0 aliphatic carbocycles. The molecule has 1 aromatic carbocycles. The molecule has 0 saturated carbocycles. The Labute approximate surface area is 118 Å². The number of methoxy groups -OCH3 is 1. The monoisotopic (exact) mass is 325 g/mol. The number of aromatic nitrogens is 3. The van der Waals surface area contributed by atoms with Crippen molar-refractivity contribution in [2.75, 3.05) is 7.11 Å². The number of nitrogens with zero attached hydrogens (tertiary/aromatic N) is 3. The highest BCUT2D eigenvalue weighted by molar-refractivity contribution is 9.10. The highest BCUT2D eigenvalue weighted by Crippen LogP contribution is 2.32. The fraction of sp³-hybridized carbons (Fsp3) is 0.250. The maximum absolute atomic E-state index is 11.2. The van der Waals surface area contributed by atoms with Crippen LogP contribution in [-0.2, 0) is 6.54 Å². The zero-order valence-corrected chi connectivity index (χ0v) is 12.0. The molecule has 0 fully saturated rings. The zero-order chi connectivity index (χ0) is 14.0. The Morgan fingerprint density at radius 2 is 2.21 bits per heavy atom. The lowest BCUT2D eigenvalue weighted by Gasteiger charge is -2.06. The standard InChI is InChI=1S/C12H12BrN3O3/c1-3-16-14-10(11(15-16)12(17)18)8-6-7(13)4-5-9(8)19-2/h4-6H,3H2,1-2H3,(H,17,18). The number of rotatable bonds is 4. The molecule has 0 saturated heterocycles. The van der Waals surface area contributed by atoms with Crippen LogP contribution in [0, 0.1) is 0 Å². The molecule has 0 atom stereocenters. The largest absolute Gasteiger partial charge is 0.496 e. The minimum atomic E-state index is -1.11. The van der Waals surface area contributed by atoms with Gasteiger partial charge in [0.15, 0.2) is 5.69 Å². The molecule has 0 amide bonds. The maximum Gasteiger partial charge on any atom is 0.358 e. The van der Waals surface area contributed by atoms with Gasteiger partial charge in [-0.2, -0.15) is 9.90 Å². The van der Waals surface area contributed by atoms with E-state index in [0.717, 1.165) is 4.47 Å². The van der Waals surface area contributed by atoms with Gasteiger partial charge in [-0.15, -0.1) is 5.10 Å². The van der Waals surface area contributed by atoms with Crippen LogP contribution >= 0.6 is 15.9 Å². The third-order valence-electron chi connectivity index (χ3n) is 2.56. The Balaban J connectivity index is 2.66. The van der Waals surface area contributed by atoms with Crippen LogP contribution < -0.4 is 4.74 Å². The Hall–Kier alpha value is -1.89. The first-order valence-electron chi connectivity index (χ1n) is 5.59. The second-order valence-corrected chi connectivity index (χ2v) is 4.65. The lowest BCUT2D eigenvalue weighted by atomic mass is 10.1. The summed E-state index contributed by atoms with van der Waals surface area (Å²) >= 11 is 3.35. The normalized spacial score (nSPS) is 10.5. The second-order valence-electron chi connectivity index (χ2n) is 3.74. The molecule has 2 rings (SSSR count). The molecular weight excluding hydrogens is 314 g/mol. The summed E-state index contributed by atoms with van der Waals surface area (Å²) in [6, 6.07) is 5.32. The first-order chi connectivity index (χ1) is 9.06. The van der Waals surface area contributed by atoms with Crippen LogP contribution in [0.4, 0.5) is 0 Å².